The van der Waals surface area contributed by atoms with Crippen molar-refractivity contribution in [2.45, 2.75) is 38.8 Å². The summed E-state index contributed by atoms with van der Waals surface area (Å²) in [6.07, 6.45) is 3.46. The maximum atomic E-state index is 13.3. The van der Waals surface area contributed by atoms with E-state index in [4.69, 9.17) is 0 Å². The van der Waals surface area contributed by atoms with Crippen LogP contribution in [0.1, 0.15) is 38.1 Å². The van der Waals surface area contributed by atoms with E-state index in [1.165, 1.54) is 18.9 Å². The molecule has 0 saturated carbocycles. The van der Waals surface area contributed by atoms with Crippen LogP contribution in [0.5, 0.6) is 0 Å². The lowest BCUT2D eigenvalue weighted by molar-refractivity contribution is 0.609. The van der Waals surface area contributed by atoms with Gasteiger partial charge in [-0.15, -0.1) is 0 Å². The zero-order valence-corrected chi connectivity index (χ0v) is 8.96. The Bertz CT molecular complexity index is 273. The van der Waals surface area contributed by atoms with Crippen LogP contribution in [0.15, 0.2) is 24.3 Å². The lowest BCUT2D eigenvalue weighted by atomic mass is 9.59. The van der Waals surface area contributed by atoms with E-state index in [2.05, 4.69) is 14.2 Å². The molecule has 0 aliphatic heterocycles. The van der Waals surface area contributed by atoms with Crippen molar-refractivity contribution in [2.75, 3.05) is 0 Å². The normalized spacial score (nSPS) is 12.5. The minimum absolute atomic E-state index is 0.0900. The van der Waals surface area contributed by atoms with E-state index in [1.54, 1.807) is 6.07 Å². The van der Waals surface area contributed by atoms with Crippen molar-refractivity contribution < 1.29 is 4.39 Å². The van der Waals surface area contributed by atoms with Crippen LogP contribution < -0.4 is 0 Å². The molecule has 75 valence electrons. The Kier molecular flexibility index (Phi) is 4.71. The minimum Gasteiger partial charge on any atom is -0.207 e. The molecule has 0 N–H and O–H groups in total. The van der Waals surface area contributed by atoms with Gasteiger partial charge < -0.3 is 0 Å². The first kappa shape index (κ1) is 11.3. The Morgan fingerprint density at radius 3 is 2.71 bits per heavy atom. The Morgan fingerprint density at radius 1 is 1.36 bits per heavy atom. The zero-order valence-electron chi connectivity index (χ0n) is 8.96. The Labute approximate surface area is 86.8 Å². The maximum Gasteiger partial charge on any atom is 0.125 e. The molecule has 0 amide bonds. The number of unbranched alkanes of at least 4 members (excludes halogenated alkanes) is 1. The first-order chi connectivity index (χ1) is 6.75. The van der Waals surface area contributed by atoms with Crippen molar-refractivity contribution in [3.05, 3.63) is 35.6 Å². The van der Waals surface area contributed by atoms with Gasteiger partial charge in [0, 0.05) is 0 Å². The SMILES string of the molecule is CCCC[B]C(C)c1ccccc1F. The first-order valence-electron chi connectivity index (χ1n) is 5.33. The fourth-order valence-electron chi connectivity index (χ4n) is 1.54. The van der Waals surface area contributed by atoms with Gasteiger partial charge in [-0.1, -0.05) is 51.2 Å². The predicted octanol–water partition coefficient (Wildman–Crippen LogP) is 3.81. The molecule has 0 aliphatic carbocycles. The summed E-state index contributed by atoms with van der Waals surface area (Å²) in [6, 6.07) is 7.02. The number of benzene rings is 1. The fraction of sp³-hybridized carbons (Fsp3) is 0.500. The summed E-state index contributed by atoms with van der Waals surface area (Å²) in [4.78, 5) is 0. The van der Waals surface area contributed by atoms with Gasteiger partial charge >= 0.3 is 0 Å². The van der Waals surface area contributed by atoms with Crippen molar-refractivity contribution >= 4 is 7.28 Å². The van der Waals surface area contributed by atoms with Crippen molar-refractivity contribution in [2.24, 2.45) is 0 Å². The van der Waals surface area contributed by atoms with Gasteiger partial charge in [0.1, 0.15) is 13.1 Å². The second-order valence-electron chi connectivity index (χ2n) is 3.69. The van der Waals surface area contributed by atoms with E-state index in [1.807, 2.05) is 19.1 Å². The highest BCUT2D eigenvalue weighted by atomic mass is 19.1. The summed E-state index contributed by atoms with van der Waals surface area (Å²) in [5.74, 6) is 0.135. The number of hydrogen-bond acceptors (Lipinski definition) is 0. The average Bonchev–Trinajstić information content (AvgIpc) is 2.18. The second-order valence-corrected chi connectivity index (χ2v) is 3.69. The molecule has 0 saturated heterocycles. The first-order valence-corrected chi connectivity index (χ1v) is 5.33. The fourth-order valence-corrected chi connectivity index (χ4v) is 1.54. The maximum absolute atomic E-state index is 13.3. The highest BCUT2D eigenvalue weighted by molar-refractivity contribution is 6.37. The lowest BCUT2D eigenvalue weighted by Gasteiger charge is -2.10. The summed E-state index contributed by atoms with van der Waals surface area (Å²) >= 11 is 0. The highest BCUT2D eigenvalue weighted by Crippen LogP contribution is 2.18. The Hall–Kier alpha value is -0.785. The Balaban J connectivity index is 2.51. The number of halogens is 1. The second kappa shape index (κ2) is 5.84. The van der Waals surface area contributed by atoms with Crippen molar-refractivity contribution in [3.8, 4) is 0 Å². The Morgan fingerprint density at radius 2 is 2.07 bits per heavy atom. The zero-order chi connectivity index (χ0) is 10.4. The molecule has 0 heterocycles. The molecule has 0 fully saturated rings. The highest BCUT2D eigenvalue weighted by Gasteiger charge is 2.10. The summed E-state index contributed by atoms with van der Waals surface area (Å²) in [5, 5.41) is 0. The molecule has 0 aromatic heterocycles. The van der Waals surface area contributed by atoms with Gasteiger partial charge in [0.25, 0.3) is 0 Å². The van der Waals surface area contributed by atoms with E-state index < -0.39 is 0 Å². The van der Waals surface area contributed by atoms with E-state index >= 15 is 0 Å². The third-order valence-electron chi connectivity index (χ3n) is 2.47. The predicted molar refractivity (Wildman–Crippen MR) is 60.3 cm³/mol. The molecule has 1 radical (unpaired) electrons. The van der Waals surface area contributed by atoms with Crippen molar-refractivity contribution in [3.63, 3.8) is 0 Å². The molecule has 2 heteroatoms. The van der Waals surface area contributed by atoms with E-state index in [-0.39, 0.29) is 11.6 Å². The molecule has 1 rings (SSSR count). The molecular formula is C12H17BF. The molecule has 1 aromatic rings. The van der Waals surface area contributed by atoms with Crippen LogP contribution in [0.3, 0.4) is 0 Å². The molecule has 0 spiro atoms. The van der Waals surface area contributed by atoms with E-state index in [9.17, 15) is 4.39 Å². The van der Waals surface area contributed by atoms with E-state index in [0.29, 0.717) is 0 Å². The number of rotatable bonds is 5. The van der Waals surface area contributed by atoms with Crippen LogP contribution in [-0.2, 0) is 0 Å². The van der Waals surface area contributed by atoms with Crippen LogP contribution in [0.25, 0.3) is 0 Å². The third kappa shape index (κ3) is 3.17. The quantitative estimate of drug-likeness (QED) is 0.490. The molecule has 0 bridgehead atoms. The number of hydrogen-bond donors (Lipinski definition) is 0. The lowest BCUT2D eigenvalue weighted by Crippen LogP contribution is -2.05. The summed E-state index contributed by atoms with van der Waals surface area (Å²) < 4.78 is 13.3. The van der Waals surface area contributed by atoms with Crippen LogP contribution in [0, 0.1) is 5.82 Å². The van der Waals surface area contributed by atoms with Crippen LogP contribution in [-0.4, -0.2) is 7.28 Å². The summed E-state index contributed by atoms with van der Waals surface area (Å²) in [5.41, 5.74) is 0.809. The molecule has 1 atom stereocenters. The summed E-state index contributed by atoms with van der Waals surface area (Å²) in [7, 11) is 2.20. The average molecular weight is 191 g/mol. The van der Waals surface area contributed by atoms with Crippen LogP contribution >= 0.6 is 0 Å². The van der Waals surface area contributed by atoms with Crippen LogP contribution in [0.4, 0.5) is 4.39 Å². The van der Waals surface area contributed by atoms with Gasteiger partial charge in [-0.05, 0) is 17.4 Å². The van der Waals surface area contributed by atoms with Crippen molar-refractivity contribution in [1.82, 2.24) is 0 Å². The molecule has 1 unspecified atom stereocenters. The van der Waals surface area contributed by atoms with Crippen molar-refractivity contribution in [1.29, 1.82) is 0 Å². The topological polar surface area (TPSA) is 0 Å². The third-order valence-corrected chi connectivity index (χ3v) is 2.47. The van der Waals surface area contributed by atoms with E-state index in [0.717, 1.165) is 11.9 Å². The molecule has 0 aliphatic rings. The molecular weight excluding hydrogens is 174 g/mol. The smallest absolute Gasteiger partial charge is 0.125 e. The van der Waals surface area contributed by atoms with Gasteiger partial charge in [0.15, 0.2) is 0 Å². The largest absolute Gasteiger partial charge is 0.207 e. The summed E-state index contributed by atoms with van der Waals surface area (Å²) in [6.45, 7) is 4.22. The standard InChI is InChI=1S/C12H17BF/c1-3-4-9-13-10(2)11-7-5-6-8-12(11)14/h5-8,10H,3-4,9H2,1-2H3. The van der Waals surface area contributed by atoms with Gasteiger partial charge in [0.2, 0.25) is 0 Å². The molecule has 1 aromatic carbocycles. The molecule has 14 heavy (non-hydrogen) atoms. The monoisotopic (exact) mass is 191 g/mol. The van der Waals surface area contributed by atoms with Gasteiger partial charge in [-0.25, -0.2) is 4.39 Å². The van der Waals surface area contributed by atoms with Crippen LogP contribution in [0.2, 0.25) is 6.32 Å². The van der Waals surface area contributed by atoms with Gasteiger partial charge in [-0.3, -0.25) is 0 Å². The minimum atomic E-state index is -0.0900. The molecule has 0 nitrogen and oxygen atoms in total. The van der Waals surface area contributed by atoms with Gasteiger partial charge in [-0.2, -0.15) is 0 Å². The van der Waals surface area contributed by atoms with Gasteiger partial charge in [0.05, 0.1) is 0 Å².